The number of rotatable bonds is 9. The van der Waals surface area contributed by atoms with E-state index in [1.54, 1.807) is 29.6 Å². The first-order valence-corrected chi connectivity index (χ1v) is 10.3. The van der Waals surface area contributed by atoms with Gasteiger partial charge in [-0.15, -0.1) is 15.3 Å². The molecule has 172 valence electrons. The Hall–Kier alpha value is -3.06. The van der Waals surface area contributed by atoms with Crippen molar-refractivity contribution in [2.75, 3.05) is 31.9 Å². The van der Waals surface area contributed by atoms with Crippen LogP contribution in [0.2, 0.25) is 0 Å². The van der Waals surface area contributed by atoms with Gasteiger partial charge < -0.3 is 14.8 Å². The molecule has 0 saturated carbocycles. The summed E-state index contributed by atoms with van der Waals surface area (Å²) in [6.45, 7) is 0.818. The molecule has 3 rings (SSSR count). The van der Waals surface area contributed by atoms with E-state index in [1.807, 2.05) is 0 Å². The number of aryl methyl sites for hydroxylation is 1. The van der Waals surface area contributed by atoms with E-state index in [0.717, 1.165) is 23.9 Å². The SMILES string of the molecule is COCCn1c(SCC(=O)Nc2ccc(C(F)(F)F)cc2)nnc1-c1cn(C)nc1OC. The second kappa shape index (κ2) is 10.0. The van der Waals surface area contributed by atoms with Crippen LogP contribution in [0.4, 0.5) is 18.9 Å². The van der Waals surface area contributed by atoms with Crippen molar-refractivity contribution in [3.05, 3.63) is 36.0 Å². The monoisotopic (exact) mass is 470 g/mol. The van der Waals surface area contributed by atoms with E-state index in [9.17, 15) is 18.0 Å². The summed E-state index contributed by atoms with van der Waals surface area (Å²) in [4.78, 5) is 12.3. The molecular weight excluding hydrogens is 449 g/mol. The van der Waals surface area contributed by atoms with Gasteiger partial charge in [-0.2, -0.15) is 13.2 Å². The quantitative estimate of drug-likeness (QED) is 0.480. The first-order chi connectivity index (χ1) is 15.2. The molecule has 32 heavy (non-hydrogen) atoms. The van der Waals surface area contributed by atoms with Crippen molar-refractivity contribution < 1.29 is 27.4 Å². The number of methoxy groups -OCH3 is 2. The molecular formula is C19H21F3N6O3S. The molecule has 0 unspecified atom stereocenters. The number of hydrogen-bond donors (Lipinski definition) is 1. The summed E-state index contributed by atoms with van der Waals surface area (Å²) in [6.07, 6.45) is -2.68. The number of amides is 1. The Balaban J connectivity index is 1.71. The Morgan fingerprint density at radius 1 is 1.19 bits per heavy atom. The van der Waals surface area contributed by atoms with Crippen molar-refractivity contribution in [1.82, 2.24) is 24.5 Å². The van der Waals surface area contributed by atoms with Crippen molar-refractivity contribution in [3.8, 4) is 17.3 Å². The van der Waals surface area contributed by atoms with Gasteiger partial charge in [-0.3, -0.25) is 14.0 Å². The van der Waals surface area contributed by atoms with Crippen molar-refractivity contribution in [2.24, 2.45) is 7.05 Å². The Morgan fingerprint density at radius 2 is 1.91 bits per heavy atom. The number of ether oxygens (including phenoxy) is 2. The number of carbonyl (C=O) groups excluding carboxylic acids is 1. The summed E-state index contributed by atoms with van der Waals surface area (Å²) in [5, 5.41) is 15.7. The minimum atomic E-state index is -4.43. The maximum absolute atomic E-state index is 12.7. The summed E-state index contributed by atoms with van der Waals surface area (Å²) >= 11 is 1.14. The molecule has 3 aromatic rings. The molecule has 0 aliphatic heterocycles. The standard InChI is InChI=1S/C19H21F3N6O3S/c1-27-10-14(17(26-27)31-3)16-24-25-18(28(16)8-9-30-2)32-11-15(29)23-13-6-4-12(5-7-13)19(20,21)22/h4-7,10H,8-9,11H2,1-3H3,(H,23,29). The largest absolute Gasteiger partial charge is 0.479 e. The van der Waals surface area contributed by atoms with Crippen LogP contribution in [0.3, 0.4) is 0 Å². The average molecular weight is 470 g/mol. The molecule has 0 atom stereocenters. The Morgan fingerprint density at radius 3 is 2.53 bits per heavy atom. The fraction of sp³-hybridized carbons (Fsp3) is 0.368. The summed E-state index contributed by atoms with van der Waals surface area (Å²) in [5.41, 5.74) is 0.124. The highest BCUT2D eigenvalue weighted by Gasteiger charge is 2.30. The van der Waals surface area contributed by atoms with Crippen LogP contribution in [0.5, 0.6) is 5.88 Å². The third kappa shape index (κ3) is 5.59. The van der Waals surface area contributed by atoms with Crippen LogP contribution < -0.4 is 10.1 Å². The highest BCUT2D eigenvalue weighted by Crippen LogP contribution is 2.31. The van der Waals surface area contributed by atoms with Crippen LogP contribution in [0, 0.1) is 0 Å². The van der Waals surface area contributed by atoms with E-state index in [2.05, 4.69) is 20.6 Å². The number of hydrogen-bond acceptors (Lipinski definition) is 7. The topological polar surface area (TPSA) is 96.1 Å². The van der Waals surface area contributed by atoms with Gasteiger partial charge in [0.2, 0.25) is 11.8 Å². The predicted octanol–water partition coefficient (Wildman–Crippen LogP) is 3.08. The van der Waals surface area contributed by atoms with Gasteiger partial charge in [-0.05, 0) is 24.3 Å². The zero-order valence-corrected chi connectivity index (χ0v) is 18.3. The number of benzene rings is 1. The van der Waals surface area contributed by atoms with E-state index in [-0.39, 0.29) is 11.4 Å². The summed E-state index contributed by atoms with van der Waals surface area (Å²) < 4.78 is 51.8. The molecule has 0 aliphatic carbocycles. The fourth-order valence-corrected chi connectivity index (χ4v) is 3.59. The van der Waals surface area contributed by atoms with Crippen molar-refractivity contribution in [3.63, 3.8) is 0 Å². The molecule has 2 heterocycles. The smallest absolute Gasteiger partial charge is 0.416 e. The zero-order chi connectivity index (χ0) is 23.3. The van der Waals surface area contributed by atoms with Gasteiger partial charge in [-0.25, -0.2) is 0 Å². The first kappa shape index (κ1) is 23.6. The first-order valence-electron chi connectivity index (χ1n) is 9.33. The number of carbonyl (C=O) groups is 1. The van der Waals surface area contributed by atoms with E-state index in [0.29, 0.717) is 35.6 Å². The van der Waals surface area contributed by atoms with Crippen molar-refractivity contribution >= 4 is 23.4 Å². The van der Waals surface area contributed by atoms with Crippen LogP contribution >= 0.6 is 11.8 Å². The van der Waals surface area contributed by atoms with Gasteiger partial charge in [0.25, 0.3) is 0 Å². The predicted molar refractivity (Wildman–Crippen MR) is 111 cm³/mol. The molecule has 9 nitrogen and oxygen atoms in total. The lowest BCUT2D eigenvalue weighted by atomic mass is 10.2. The number of alkyl halides is 3. The lowest BCUT2D eigenvalue weighted by Gasteiger charge is -2.10. The third-order valence-corrected chi connectivity index (χ3v) is 5.26. The summed E-state index contributed by atoms with van der Waals surface area (Å²) in [6, 6.07) is 4.24. The number of aromatic nitrogens is 5. The second-order valence-corrected chi connectivity index (χ2v) is 7.53. The van der Waals surface area contributed by atoms with Crippen molar-refractivity contribution in [2.45, 2.75) is 17.9 Å². The molecule has 0 fully saturated rings. The normalized spacial score (nSPS) is 11.6. The number of nitrogens with one attached hydrogen (secondary N) is 1. The molecule has 0 spiro atoms. The average Bonchev–Trinajstić information content (AvgIpc) is 3.32. The molecule has 0 aliphatic rings. The Kier molecular flexibility index (Phi) is 7.40. The molecule has 13 heteroatoms. The highest BCUT2D eigenvalue weighted by molar-refractivity contribution is 7.99. The summed E-state index contributed by atoms with van der Waals surface area (Å²) in [7, 11) is 4.82. The lowest BCUT2D eigenvalue weighted by molar-refractivity contribution is -0.137. The number of anilines is 1. The van der Waals surface area contributed by atoms with Gasteiger partial charge in [-0.1, -0.05) is 11.8 Å². The third-order valence-electron chi connectivity index (χ3n) is 4.29. The Bertz CT molecular complexity index is 1070. The van der Waals surface area contributed by atoms with E-state index < -0.39 is 17.6 Å². The second-order valence-electron chi connectivity index (χ2n) is 6.59. The molecule has 1 N–H and O–H groups in total. The summed E-state index contributed by atoms with van der Waals surface area (Å²) in [5.74, 6) is 0.486. The Labute approximate surface area is 185 Å². The molecule has 2 aromatic heterocycles. The van der Waals surface area contributed by atoms with E-state index in [1.165, 1.54) is 19.2 Å². The van der Waals surface area contributed by atoms with Crippen LogP contribution in [-0.4, -0.2) is 57.0 Å². The van der Waals surface area contributed by atoms with Crippen molar-refractivity contribution in [1.29, 1.82) is 0 Å². The lowest BCUT2D eigenvalue weighted by Crippen LogP contribution is -2.15. The highest BCUT2D eigenvalue weighted by atomic mass is 32.2. The van der Waals surface area contributed by atoms with Gasteiger partial charge in [0.1, 0.15) is 5.56 Å². The van der Waals surface area contributed by atoms with E-state index in [4.69, 9.17) is 9.47 Å². The maximum atomic E-state index is 12.7. The number of halogens is 3. The fourth-order valence-electron chi connectivity index (χ4n) is 2.82. The molecule has 0 radical (unpaired) electrons. The maximum Gasteiger partial charge on any atom is 0.416 e. The molecule has 1 amide bonds. The molecule has 0 bridgehead atoms. The molecule has 0 saturated heterocycles. The number of thioether (sulfide) groups is 1. The van der Waals surface area contributed by atoms with Gasteiger partial charge >= 0.3 is 6.18 Å². The minimum absolute atomic E-state index is 0.0175. The van der Waals surface area contributed by atoms with Crippen LogP contribution in [0.15, 0.2) is 35.6 Å². The van der Waals surface area contributed by atoms with Gasteiger partial charge in [0.15, 0.2) is 11.0 Å². The van der Waals surface area contributed by atoms with Crippen LogP contribution in [0.25, 0.3) is 11.4 Å². The zero-order valence-electron chi connectivity index (χ0n) is 17.5. The van der Waals surface area contributed by atoms with Gasteiger partial charge in [0.05, 0.1) is 31.6 Å². The minimum Gasteiger partial charge on any atom is -0.479 e. The van der Waals surface area contributed by atoms with Crippen LogP contribution in [-0.2, 0) is 29.3 Å². The van der Waals surface area contributed by atoms with Crippen LogP contribution in [0.1, 0.15) is 5.56 Å². The molecule has 1 aromatic carbocycles. The van der Waals surface area contributed by atoms with E-state index >= 15 is 0 Å². The van der Waals surface area contributed by atoms with Gasteiger partial charge in [0, 0.05) is 26.0 Å². The number of nitrogens with zero attached hydrogens (tertiary/aromatic N) is 5.